The minimum absolute atomic E-state index is 0. The van der Waals surface area contributed by atoms with Crippen LogP contribution in [0.4, 0.5) is 4.39 Å². The molecular formula is C19H30FIN4. The monoisotopic (exact) mass is 460 g/mol. The van der Waals surface area contributed by atoms with Gasteiger partial charge >= 0.3 is 0 Å². The van der Waals surface area contributed by atoms with Gasteiger partial charge in [0.1, 0.15) is 5.82 Å². The zero-order chi connectivity index (χ0) is 17.0. The number of nitrogens with one attached hydrogen (secondary N) is 2. The van der Waals surface area contributed by atoms with Crippen molar-refractivity contribution >= 4 is 29.9 Å². The first kappa shape index (κ1) is 20.4. The Balaban J connectivity index is 0.00000225. The van der Waals surface area contributed by atoms with Crippen LogP contribution in [0.2, 0.25) is 0 Å². The molecule has 1 aromatic carbocycles. The third-order valence-electron chi connectivity index (χ3n) is 5.50. The molecule has 0 radical (unpaired) electrons. The summed E-state index contributed by atoms with van der Waals surface area (Å²) in [6.45, 7) is 4.14. The Hall–Kier alpha value is -0.890. The van der Waals surface area contributed by atoms with E-state index in [4.69, 9.17) is 0 Å². The maximum Gasteiger partial charge on any atom is 0.191 e. The van der Waals surface area contributed by atoms with Gasteiger partial charge in [-0.25, -0.2) is 4.39 Å². The third-order valence-corrected chi connectivity index (χ3v) is 5.50. The van der Waals surface area contributed by atoms with Crippen molar-refractivity contribution in [2.24, 2.45) is 10.9 Å². The van der Waals surface area contributed by atoms with Crippen LogP contribution in [0, 0.1) is 11.7 Å². The molecule has 2 fully saturated rings. The zero-order valence-corrected chi connectivity index (χ0v) is 17.6. The number of rotatable bonds is 5. The molecule has 25 heavy (non-hydrogen) atoms. The van der Waals surface area contributed by atoms with Gasteiger partial charge in [-0.2, -0.15) is 0 Å². The van der Waals surface area contributed by atoms with Gasteiger partial charge in [-0.15, -0.1) is 24.0 Å². The SMILES string of the molecule is CN=C(NCC1CCN(C)CC1)NCC1(c2cccc(F)c2)CC1.I. The Bertz CT molecular complexity index is 581. The molecule has 1 heterocycles. The van der Waals surface area contributed by atoms with Gasteiger partial charge in [0, 0.05) is 25.6 Å². The second kappa shape index (κ2) is 9.16. The minimum atomic E-state index is -0.149. The number of aliphatic imine (C=N–C) groups is 1. The van der Waals surface area contributed by atoms with Crippen molar-refractivity contribution in [1.82, 2.24) is 15.5 Å². The van der Waals surface area contributed by atoms with Gasteiger partial charge < -0.3 is 15.5 Å². The first-order valence-corrected chi connectivity index (χ1v) is 9.00. The molecule has 2 N–H and O–H groups in total. The van der Waals surface area contributed by atoms with Crippen LogP contribution in [0.25, 0.3) is 0 Å². The van der Waals surface area contributed by atoms with Gasteiger partial charge in [0.15, 0.2) is 5.96 Å². The van der Waals surface area contributed by atoms with Crippen molar-refractivity contribution in [3.8, 4) is 0 Å². The van der Waals surface area contributed by atoms with Crippen LogP contribution in [0.1, 0.15) is 31.2 Å². The summed E-state index contributed by atoms with van der Waals surface area (Å²) in [6.07, 6.45) is 4.70. The Morgan fingerprint density at radius 1 is 1.28 bits per heavy atom. The fourth-order valence-electron chi connectivity index (χ4n) is 3.52. The van der Waals surface area contributed by atoms with Crippen molar-refractivity contribution in [2.75, 3.05) is 40.3 Å². The number of nitrogens with zero attached hydrogens (tertiary/aromatic N) is 2. The maximum atomic E-state index is 13.5. The van der Waals surface area contributed by atoms with Crippen LogP contribution >= 0.6 is 24.0 Å². The molecule has 0 spiro atoms. The lowest BCUT2D eigenvalue weighted by Crippen LogP contribution is -2.44. The van der Waals surface area contributed by atoms with Crippen molar-refractivity contribution < 1.29 is 4.39 Å². The molecule has 1 aliphatic carbocycles. The molecule has 4 nitrogen and oxygen atoms in total. The molecule has 2 aliphatic rings. The maximum absolute atomic E-state index is 13.5. The average Bonchev–Trinajstić information content (AvgIpc) is 3.38. The Morgan fingerprint density at radius 3 is 2.60 bits per heavy atom. The van der Waals surface area contributed by atoms with E-state index in [1.165, 1.54) is 32.0 Å². The largest absolute Gasteiger partial charge is 0.356 e. The zero-order valence-electron chi connectivity index (χ0n) is 15.2. The fourth-order valence-corrected chi connectivity index (χ4v) is 3.52. The van der Waals surface area contributed by atoms with Gasteiger partial charge in [0.25, 0.3) is 0 Å². The fraction of sp³-hybridized carbons (Fsp3) is 0.632. The summed E-state index contributed by atoms with van der Waals surface area (Å²) in [7, 11) is 4.00. The summed E-state index contributed by atoms with van der Waals surface area (Å²) in [5.41, 5.74) is 1.17. The number of likely N-dealkylation sites (tertiary alicyclic amines) is 1. The summed E-state index contributed by atoms with van der Waals surface area (Å²) in [6, 6.07) is 7.02. The number of guanidine groups is 1. The molecule has 1 aromatic rings. The topological polar surface area (TPSA) is 39.7 Å². The molecule has 0 bridgehead atoms. The van der Waals surface area contributed by atoms with E-state index >= 15 is 0 Å². The lowest BCUT2D eigenvalue weighted by atomic mass is 9.96. The van der Waals surface area contributed by atoms with E-state index < -0.39 is 0 Å². The third kappa shape index (κ3) is 5.54. The van der Waals surface area contributed by atoms with Crippen LogP contribution < -0.4 is 10.6 Å². The molecular weight excluding hydrogens is 430 g/mol. The van der Waals surface area contributed by atoms with Gasteiger partial charge in [-0.1, -0.05) is 12.1 Å². The predicted molar refractivity (Wildman–Crippen MR) is 112 cm³/mol. The van der Waals surface area contributed by atoms with Crippen LogP contribution in [-0.4, -0.2) is 51.1 Å². The first-order valence-electron chi connectivity index (χ1n) is 9.00. The molecule has 1 aliphatic heterocycles. The van der Waals surface area contributed by atoms with Crippen LogP contribution in [-0.2, 0) is 5.41 Å². The van der Waals surface area contributed by atoms with E-state index in [0.29, 0.717) is 0 Å². The van der Waals surface area contributed by atoms with E-state index in [9.17, 15) is 4.39 Å². The molecule has 140 valence electrons. The molecule has 0 amide bonds. The smallest absolute Gasteiger partial charge is 0.191 e. The molecule has 1 saturated carbocycles. The van der Waals surface area contributed by atoms with Gasteiger partial charge in [0.05, 0.1) is 0 Å². The van der Waals surface area contributed by atoms with E-state index in [-0.39, 0.29) is 35.2 Å². The number of hydrogen-bond donors (Lipinski definition) is 2. The number of piperidine rings is 1. The summed E-state index contributed by atoms with van der Waals surface area (Å²) in [5.74, 6) is 1.43. The van der Waals surface area contributed by atoms with Gasteiger partial charge in [-0.3, -0.25) is 4.99 Å². The lowest BCUT2D eigenvalue weighted by molar-refractivity contribution is 0.220. The number of halogens is 2. The molecule has 0 aromatic heterocycles. The van der Waals surface area contributed by atoms with E-state index in [2.05, 4.69) is 27.6 Å². The van der Waals surface area contributed by atoms with Crippen LogP contribution in [0.5, 0.6) is 0 Å². The normalized spacial score (nSPS) is 20.7. The molecule has 0 atom stereocenters. The summed E-state index contributed by atoms with van der Waals surface area (Å²) in [5, 5.41) is 6.91. The number of hydrogen-bond acceptors (Lipinski definition) is 2. The van der Waals surface area contributed by atoms with Gasteiger partial charge in [-0.05, 0) is 69.4 Å². The first-order chi connectivity index (χ1) is 11.6. The second-order valence-electron chi connectivity index (χ2n) is 7.34. The van der Waals surface area contributed by atoms with Crippen LogP contribution in [0.15, 0.2) is 29.3 Å². The summed E-state index contributed by atoms with van der Waals surface area (Å²) in [4.78, 5) is 6.73. The van der Waals surface area contributed by atoms with E-state index in [0.717, 1.165) is 43.4 Å². The van der Waals surface area contributed by atoms with E-state index in [1.54, 1.807) is 12.1 Å². The Labute approximate surface area is 167 Å². The minimum Gasteiger partial charge on any atom is -0.356 e. The molecule has 0 unspecified atom stereocenters. The Morgan fingerprint density at radius 2 is 2.00 bits per heavy atom. The molecule has 6 heteroatoms. The molecule has 1 saturated heterocycles. The lowest BCUT2D eigenvalue weighted by Gasteiger charge is -2.29. The highest BCUT2D eigenvalue weighted by Gasteiger charge is 2.44. The Kier molecular flexibility index (Phi) is 7.49. The van der Waals surface area contributed by atoms with Crippen molar-refractivity contribution in [3.63, 3.8) is 0 Å². The number of benzene rings is 1. The van der Waals surface area contributed by atoms with Crippen molar-refractivity contribution in [3.05, 3.63) is 35.6 Å². The predicted octanol–water partition coefficient (Wildman–Crippen LogP) is 2.98. The second-order valence-corrected chi connectivity index (χ2v) is 7.34. The van der Waals surface area contributed by atoms with E-state index in [1.807, 2.05) is 13.1 Å². The highest BCUT2D eigenvalue weighted by Crippen LogP contribution is 2.47. The van der Waals surface area contributed by atoms with Crippen LogP contribution in [0.3, 0.4) is 0 Å². The highest BCUT2D eigenvalue weighted by atomic mass is 127. The average molecular weight is 460 g/mol. The summed E-state index contributed by atoms with van der Waals surface area (Å²) >= 11 is 0. The molecule has 3 rings (SSSR count). The van der Waals surface area contributed by atoms with Gasteiger partial charge in [0.2, 0.25) is 0 Å². The standard InChI is InChI=1S/C19H29FN4.HI/c1-21-18(22-13-15-6-10-24(2)11-7-15)23-14-19(8-9-19)16-4-3-5-17(20)12-16;/h3-5,12,15H,6-11,13-14H2,1-2H3,(H2,21,22,23);1H. The van der Waals surface area contributed by atoms with Crippen molar-refractivity contribution in [2.45, 2.75) is 31.1 Å². The quantitative estimate of drug-likeness (QED) is 0.403. The summed E-state index contributed by atoms with van der Waals surface area (Å²) < 4.78 is 13.5. The highest BCUT2D eigenvalue weighted by molar-refractivity contribution is 14.0. The van der Waals surface area contributed by atoms with Crippen molar-refractivity contribution in [1.29, 1.82) is 0 Å².